The van der Waals surface area contributed by atoms with Gasteiger partial charge in [-0.15, -0.1) is 0 Å². The van der Waals surface area contributed by atoms with Crippen molar-refractivity contribution in [2.75, 3.05) is 17.3 Å². The Balaban J connectivity index is 1.77. The Morgan fingerprint density at radius 1 is 1.04 bits per heavy atom. The second-order valence-corrected chi connectivity index (χ2v) is 6.73. The number of ether oxygens (including phenoxy) is 1. The van der Waals surface area contributed by atoms with Crippen LogP contribution in [-0.2, 0) is 0 Å². The molecule has 1 N–H and O–H groups in total. The average Bonchev–Trinajstić information content (AvgIpc) is 2.93. The number of fused-ring (bicyclic) bond motifs is 1. The van der Waals surface area contributed by atoms with Crippen molar-refractivity contribution in [3.05, 3.63) is 83.2 Å². The number of pyridine rings is 1. The van der Waals surface area contributed by atoms with Gasteiger partial charge in [0, 0.05) is 17.6 Å². The molecule has 0 aliphatic carbocycles. The highest BCUT2D eigenvalue weighted by atomic mass is 16.5. The lowest BCUT2D eigenvalue weighted by atomic mass is 10.1. The average molecular weight is 359 g/mol. The van der Waals surface area contributed by atoms with Crippen LogP contribution >= 0.6 is 0 Å². The number of carbonyl (C=O) groups is 1. The third-order valence-corrected chi connectivity index (χ3v) is 4.68. The number of rotatable bonds is 4. The molecule has 3 aromatic rings. The summed E-state index contributed by atoms with van der Waals surface area (Å²) >= 11 is 0. The molecule has 2 heterocycles. The normalized spacial score (nSPS) is 15.6. The van der Waals surface area contributed by atoms with Crippen LogP contribution in [0.1, 0.15) is 33.3 Å². The van der Waals surface area contributed by atoms with Crippen LogP contribution in [0.25, 0.3) is 0 Å². The van der Waals surface area contributed by atoms with Gasteiger partial charge in [0.15, 0.2) is 6.17 Å². The molecule has 4 rings (SSSR count). The van der Waals surface area contributed by atoms with Gasteiger partial charge in [-0.3, -0.25) is 14.7 Å². The SMILES string of the molecule is COc1ccc(N2C(=O)c3cccnc3[C@@H]2Nc2cc(C)cc(C)c2)cc1. The van der Waals surface area contributed by atoms with Crippen LogP contribution in [0.4, 0.5) is 11.4 Å². The van der Waals surface area contributed by atoms with E-state index in [1.165, 1.54) is 11.1 Å². The third-order valence-electron chi connectivity index (χ3n) is 4.68. The number of hydrogen-bond acceptors (Lipinski definition) is 4. The van der Waals surface area contributed by atoms with Gasteiger partial charge in [0.1, 0.15) is 5.75 Å². The van der Waals surface area contributed by atoms with Crippen LogP contribution in [-0.4, -0.2) is 18.0 Å². The van der Waals surface area contributed by atoms with Crippen molar-refractivity contribution in [3.8, 4) is 5.75 Å². The number of nitrogens with one attached hydrogen (secondary N) is 1. The topological polar surface area (TPSA) is 54.5 Å². The van der Waals surface area contributed by atoms with Gasteiger partial charge < -0.3 is 10.1 Å². The summed E-state index contributed by atoms with van der Waals surface area (Å²) in [6, 6.07) is 17.4. The summed E-state index contributed by atoms with van der Waals surface area (Å²) in [6.07, 6.45) is 1.35. The van der Waals surface area contributed by atoms with Crippen LogP contribution in [0, 0.1) is 13.8 Å². The second-order valence-electron chi connectivity index (χ2n) is 6.73. The fourth-order valence-corrected chi connectivity index (χ4v) is 3.54. The van der Waals surface area contributed by atoms with Gasteiger partial charge in [-0.1, -0.05) is 6.07 Å². The lowest BCUT2D eigenvalue weighted by molar-refractivity contribution is 0.0993. The first-order valence-electron chi connectivity index (χ1n) is 8.84. The maximum absolute atomic E-state index is 13.1. The second kappa shape index (κ2) is 6.76. The molecule has 136 valence electrons. The van der Waals surface area contributed by atoms with E-state index in [1.807, 2.05) is 30.3 Å². The zero-order valence-corrected chi connectivity index (χ0v) is 15.6. The van der Waals surface area contributed by atoms with E-state index in [2.05, 4.69) is 42.3 Å². The summed E-state index contributed by atoms with van der Waals surface area (Å²) in [5, 5.41) is 3.50. The van der Waals surface area contributed by atoms with Gasteiger partial charge in [0.2, 0.25) is 0 Å². The minimum Gasteiger partial charge on any atom is -0.497 e. The molecule has 1 amide bonds. The zero-order valence-electron chi connectivity index (χ0n) is 15.6. The maximum Gasteiger partial charge on any atom is 0.262 e. The standard InChI is InChI=1S/C22H21N3O2/c1-14-11-15(2)13-16(12-14)24-21-20-19(5-4-10-23-20)22(26)25(21)17-6-8-18(27-3)9-7-17/h4-13,21,24H,1-3H3/t21-/m1/s1. The summed E-state index contributed by atoms with van der Waals surface area (Å²) in [7, 11) is 1.63. The monoisotopic (exact) mass is 359 g/mol. The number of amides is 1. The van der Waals surface area contributed by atoms with Gasteiger partial charge in [0.25, 0.3) is 5.91 Å². The van der Waals surface area contributed by atoms with E-state index in [0.29, 0.717) is 5.56 Å². The number of hydrogen-bond donors (Lipinski definition) is 1. The number of carbonyl (C=O) groups excluding carboxylic acids is 1. The summed E-state index contributed by atoms with van der Waals surface area (Å²) in [5.41, 5.74) is 5.44. The van der Waals surface area contributed by atoms with Crippen molar-refractivity contribution >= 4 is 17.3 Å². The van der Waals surface area contributed by atoms with Gasteiger partial charge in [0.05, 0.1) is 18.4 Å². The molecular formula is C22H21N3O2. The molecular weight excluding hydrogens is 338 g/mol. The fourth-order valence-electron chi connectivity index (χ4n) is 3.54. The lowest BCUT2D eigenvalue weighted by Crippen LogP contribution is -2.32. The Morgan fingerprint density at radius 2 is 1.74 bits per heavy atom. The maximum atomic E-state index is 13.1. The van der Waals surface area contributed by atoms with E-state index < -0.39 is 0 Å². The highest BCUT2D eigenvalue weighted by Crippen LogP contribution is 2.37. The molecule has 5 nitrogen and oxygen atoms in total. The summed E-state index contributed by atoms with van der Waals surface area (Å²) in [5.74, 6) is 0.685. The summed E-state index contributed by atoms with van der Waals surface area (Å²) < 4.78 is 5.24. The molecule has 0 fully saturated rings. The van der Waals surface area contributed by atoms with Gasteiger partial charge in [-0.2, -0.15) is 0 Å². The summed E-state index contributed by atoms with van der Waals surface area (Å²) in [4.78, 5) is 19.3. The number of anilines is 2. The molecule has 0 spiro atoms. The highest BCUT2D eigenvalue weighted by Gasteiger charge is 2.39. The fraction of sp³-hybridized carbons (Fsp3) is 0.182. The van der Waals surface area contributed by atoms with Crippen LogP contribution in [0.2, 0.25) is 0 Å². The number of nitrogens with zero attached hydrogens (tertiary/aromatic N) is 2. The van der Waals surface area contributed by atoms with E-state index in [-0.39, 0.29) is 12.1 Å². The van der Waals surface area contributed by atoms with Gasteiger partial charge in [-0.05, 0) is 73.5 Å². The molecule has 0 saturated heterocycles. The first-order chi connectivity index (χ1) is 13.1. The van der Waals surface area contributed by atoms with Crippen LogP contribution in [0.15, 0.2) is 60.8 Å². The number of aryl methyl sites for hydroxylation is 2. The molecule has 1 aromatic heterocycles. The molecule has 0 radical (unpaired) electrons. The predicted octanol–water partition coefficient (Wildman–Crippen LogP) is 4.48. The molecule has 1 aliphatic rings. The van der Waals surface area contributed by atoms with Crippen LogP contribution < -0.4 is 15.0 Å². The molecule has 5 heteroatoms. The van der Waals surface area contributed by atoms with Crippen LogP contribution in [0.3, 0.4) is 0 Å². The lowest BCUT2D eigenvalue weighted by Gasteiger charge is -2.27. The highest BCUT2D eigenvalue weighted by molar-refractivity contribution is 6.11. The number of aromatic nitrogens is 1. The van der Waals surface area contributed by atoms with E-state index >= 15 is 0 Å². The smallest absolute Gasteiger partial charge is 0.262 e. The molecule has 0 bridgehead atoms. The molecule has 1 atom stereocenters. The Morgan fingerprint density at radius 3 is 2.41 bits per heavy atom. The molecule has 27 heavy (non-hydrogen) atoms. The minimum atomic E-state index is -0.372. The third kappa shape index (κ3) is 3.12. The molecule has 2 aromatic carbocycles. The van der Waals surface area contributed by atoms with Crippen molar-refractivity contribution in [3.63, 3.8) is 0 Å². The Hall–Kier alpha value is -3.34. The van der Waals surface area contributed by atoms with E-state index in [9.17, 15) is 4.79 Å². The zero-order chi connectivity index (χ0) is 19.0. The first-order valence-corrected chi connectivity index (χ1v) is 8.84. The quantitative estimate of drug-likeness (QED) is 0.746. The molecule has 0 unspecified atom stereocenters. The summed E-state index contributed by atoms with van der Waals surface area (Å²) in [6.45, 7) is 4.12. The van der Waals surface area contributed by atoms with Crippen molar-refractivity contribution in [2.45, 2.75) is 20.0 Å². The Bertz CT molecular complexity index is 978. The van der Waals surface area contributed by atoms with E-state index in [1.54, 1.807) is 24.3 Å². The van der Waals surface area contributed by atoms with Gasteiger partial charge in [-0.25, -0.2) is 0 Å². The van der Waals surface area contributed by atoms with Crippen molar-refractivity contribution in [1.82, 2.24) is 4.98 Å². The largest absolute Gasteiger partial charge is 0.497 e. The minimum absolute atomic E-state index is 0.0647. The number of methoxy groups -OCH3 is 1. The first kappa shape index (κ1) is 17.1. The predicted molar refractivity (Wildman–Crippen MR) is 106 cm³/mol. The Labute approximate surface area is 158 Å². The molecule has 0 saturated carbocycles. The molecule has 1 aliphatic heterocycles. The van der Waals surface area contributed by atoms with Crippen molar-refractivity contribution < 1.29 is 9.53 Å². The Kier molecular flexibility index (Phi) is 4.28. The van der Waals surface area contributed by atoms with Crippen LogP contribution in [0.5, 0.6) is 5.75 Å². The van der Waals surface area contributed by atoms with Crippen molar-refractivity contribution in [1.29, 1.82) is 0 Å². The van der Waals surface area contributed by atoms with E-state index in [0.717, 1.165) is 22.8 Å². The van der Waals surface area contributed by atoms with E-state index in [4.69, 9.17) is 4.74 Å². The number of benzene rings is 2. The van der Waals surface area contributed by atoms with Crippen molar-refractivity contribution in [2.24, 2.45) is 0 Å². The van der Waals surface area contributed by atoms with Gasteiger partial charge >= 0.3 is 0 Å².